The smallest absolute Gasteiger partial charge is 0.251 e. The van der Waals surface area contributed by atoms with E-state index in [1.165, 1.54) is 10.6 Å². The van der Waals surface area contributed by atoms with Gasteiger partial charge < -0.3 is 9.88 Å². The maximum Gasteiger partial charge on any atom is 0.251 e. The Hall–Kier alpha value is -1.58. The normalized spacial score (nSPS) is 15.0. The van der Waals surface area contributed by atoms with Gasteiger partial charge in [0, 0.05) is 18.3 Å². The molecule has 4 heteroatoms. The number of amides is 1. The van der Waals surface area contributed by atoms with E-state index in [9.17, 15) is 9.59 Å². The van der Waals surface area contributed by atoms with Crippen LogP contribution in [0.1, 0.15) is 18.4 Å². The molecule has 15 heavy (non-hydrogen) atoms. The zero-order valence-corrected chi connectivity index (χ0v) is 8.69. The van der Waals surface area contributed by atoms with Gasteiger partial charge in [0.25, 0.3) is 5.56 Å². The van der Waals surface area contributed by atoms with Gasteiger partial charge in [-0.1, -0.05) is 0 Å². The SMILES string of the molecule is Cc1ccn(CC(=O)NC2CC2)c(=O)c1. The lowest BCUT2D eigenvalue weighted by molar-refractivity contribution is -0.121. The molecule has 80 valence electrons. The molecule has 1 aliphatic rings. The summed E-state index contributed by atoms with van der Waals surface area (Å²) in [5.41, 5.74) is 0.791. The molecule has 1 heterocycles. The van der Waals surface area contributed by atoms with Crippen LogP contribution in [-0.4, -0.2) is 16.5 Å². The van der Waals surface area contributed by atoms with E-state index < -0.39 is 0 Å². The second kappa shape index (κ2) is 3.88. The van der Waals surface area contributed by atoms with Gasteiger partial charge in [0.1, 0.15) is 6.54 Å². The van der Waals surface area contributed by atoms with Crippen molar-refractivity contribution in [1.82, 2.24) is 9.88 Å². The predicted molar refractivity (Wildman–Crippen MR) is 56.6 cm³/mol. The number of nitrogens with zero attached hydrogens (tertiary/aromatic N) is 1. The van der Waals surface area contributed by atoms with Crippen molar-refractivity contribution in [2.75, 3.05) is 0 Å². The van der Waals surface area contributed by atoms with Gasteiger partial charge in [0.15, 0.2) is 0 Å². The van der Waals surface area contributed by atoms with Crippen LogP contribution in [0.3, 0.4) is 0 Å². The van der Waals surface area contributed by atoms with Gasteiger partial charge in [-0.15, -0.1) is 0 Å². The maximum atomic E-state index is 11.5. The van der Waals surface area contributed by atoms with Gasteiger partial charge in [-0.2, -0.15) is 0 Å². The van der Waals surface area contributed by atoms with E-state index in [0.29, 0.717) is 6.04 Å². The Kier molecular flexibility index (Phi) is 2.58. The average molecular weight is 206 g/mol. The standard InChI is InChI=1S/C11H14N2O2/c1-8-4-5-13(11(15)6-8)7-10(14)12-9-2-3-9/h4-6,9H,2-3,7H2,1H3,(H,12,14). The van der Waals surface area contributed by atoms with Crippen LogP contribution in [0.15, 0.2) is 23.1 Å². The molecule has 0 aliphatic heterocycles. The van der Waals surface area contributed by atoms with E-state index in [1.807, 2.05) is 13.0 Å². The van der Waals surface area contributed by atoms with Crippen LogP contribution in [-0.2, 0) is 11.3 Å². The molecule has 0 aromatic carbocycles. The molecule has 4 nitrogen and oxygen atoms in total. The molecule has 1 N–H and O–H groups in total. The summed E-state index contributed by atoms with van der Waals surface area (Å²) >= 11 is 0. The van der Waals surface area contributed by atoms with Crippen molar-refractivity contribution in [3.63, 3.8) is 0 Å². The van der Waals surface area contributed by atoms with Crippen molar-refractivity contribution < 1.29 is 4.79 Å². The van der Waals surface area contributed by atoms with Gasteiger partial charge in [0.05, 0.1) is 0 Å². The lowest BCUT2D eigenvalue weighted by Gasteiger charge is -2.06. The third kappa shape index (κ3) is 2.68. The number of hydrogen-bond donors (Lipinski definition) is 1. The van der Waals surface area contributed by atoms with Crippen LogP contribution in [0.5, 0.6) is 0 Å². The fourth-order valence-electron chi connectivity index (χ4n) is 1.39. The molecule has 1 amide bonds. The van der Waals surface area contributed by atoms with Gasteiger partial charge >= 0.3 is 0 Å². The van der Waals surface area contributed by atoms with Crippen molar-refractivity contribution in [2.24, 2.45) is 0 Å². The molecule has 0 atom stereocenters. The Bertz CT molecular complexity index is 432. The van der Waals surface area contributed by atoms with Crippen LogP contribution in [0, 0.1) is 6.92 Å². The molecule has 2 rings (SSSR count). The minimum atomic E-state index is -0.124. The maximum absolute atomic E-state index is 11.5. The van der Waals surface area contributed by atoms with Crippen LogP contribution in [0.25, 0.3) is 0 Å². The molecular weight excluding hydrogens is 192 g/mol. The molecule has 1 aromatic heterocycles. The summed E-state index contributed by atoms with van der Waals surface area (Å²) < 4.78 is 1.42. The Morgan fingerprint density at radius 1 is 1.60 bits per heavy atom. The lowest BCUT2D eigenvalue weighted by Crippen LogP contribution is -2.33. The highest BCUT2D eigenvalue weighted by Gasteiger charge is 2.23. The van der Waals surface area contributed by atoms with Crippen LogP contribution in [0.4, 0.5) is 0 Å². The van der Waals surface area contributed by atoms with Crippen molar-refractivity contribution in [3.05, 3.63) is 34.2 Å². The van der Waals surface area contributed by atoms with Gasteiger partial charge in [-0.25, -0.2) is 0 Å². The number of aryl methyl sites for hydroxylation is 1. The molecule has 1 aromatic rings. The number of aromatic nitrogens is 1. The Balaban J connectivity index is 2.03. The summed E-state index contributed by atoms with van der Waals surface area (Å²) in [6.45, 7) is 1.98. The van der Waals surface area contributed by atoms with Gasteiger partial charge in [-0.3, -0.25) is 9.59 Å². The fraction of sp³-hybridized carbons (Fsp3) is 0.455. The highest BCUT2D eigenvalue weighted by Crippen LogP contribution is 2.18. The molecule has 1 aliphatic carbocycles. The monoisotopic (exact) mass is 206 g/mol. The molecular formula is C11H14N2O2. The highest BCUT2D eigenvalue weighted by atomic mass is 16.2. The number of rotatable bonds is 3. The third-order valence-corrected chi connectivity index (χ3v) is 2.41. The molecule has 0 radical (unpaired) electrons. The van der Waals surface area contributed by atoms with E-state index in [0.717, 1.165) is 18.4 Å². The van der Waals surface area contributed by atoms with Gasteiger partial charge in [-0.05, 0) is 31.4 Å². The Morgan fingerprint density at radius 3 is 2.93 bits per heavy atom. The number of carbonyl (C=O) groups is 1. The summed E-state index contributed by atoms with van der Waals surface area (Å²) in [7, 11) is 0. The number of hydrogen-bond acceptors (Lipinski definition) is 2. The first-order valence-corrected chi connectivity index (χ1v) is 5.11. The summed E-state index contributed by atoms with van der Waals surface area (Å²) in [5.74, 6) is -0.0801. The molecule has 0 spiro atoms. The first-order chi connectivity index (χ1) is 7.15. The van der Waals surface area contributed by atoms with Crippen molar-refractivity contribution in [2.45, 2.75) is 32.4 Å². The second-order valence-electron chi connectivity index (χ2n) is 4.01. The summed E-state index contributed by atoms with van der Waals surface area (Å²) in [4.78, 5) is 22.9. The minimum Gasteiger partial charge on any atom is -0.352 e. The second-order valence-corrected chi connectivity index (χ2v) is 4.01. The van der Waals surface area contributed by atoms with Crippen LogP contribution < -0.4 is 10.9 Å². The van der Waals surface area contributed by atoms with E-state index in [2.05, 4.69) is 5.32 Å². The van der Waals surface area contributed by atoms with E-state index in [4.69, 9.17) is 0 Å². The quantitative estimate of drug-likeness (QED) is 0.780. The Morgan fingerprint density at radius 2 is 2.33 bits per heavy atom. The summed E-state index contributed by atoms with van der Waals surface area (Å²) in [6, 6.07) is 3.70. The minimum absolute atomic E-state index is 0.0801. The topological polar surface area (TPSA) is 51.1 Å². The van der Waals surface area contributed by atoms with Crippen molar-refractivity contribution in [1.29, 1.82) is 0 Å². The molecule has 0 bridgehead atoms. The van der Waals surface area contributed by atoms with Crippen molar-refractivity contribution >= 4 is 5.91 Å². The number of carbonyl (C=O) groups excluding carboxylic acids is 1. The largest absolute Gasteiger partial charge is 0.352 e. The van der Waals surface area contributed by atoms with Gasteiger partial charge in [0.2, 0.25) is 5.91 Å². The summed E-state index contributed by atoms with van der Waals surface area (Å²) in [5, 5.41) is 2.85. The molecule has 0 unspecified atom stereocenters. The molecule has 1 fully saturated rings. The summed E-state index contributed by atoms with van der Waals surface area (Å²) in [6.07, 6.45) is 3.78. The fourth-order valence-corrected chi connectivity index (χ4v) is 1.39. The van der Waals surface area contributed by atoms with Crippen LogP contribution >= 0.6 is 0 Å². The average Bonchev–Trinajstić information content (AvgIpc) is 2.94. The zero-order valence-electron chi connectivity index (χ0n) is 8.69. The Labute approximate surface area is 87.9 Å². The van der Waals surface area contributed by atoms with E-state index in [-0.39, 0.29) is 18.0 Å². The first-order valence-electron chi connectivity index (χ1n) is 5.11. The number of pyridine rings is 1. The first kappa shape index (κ1) is 9.96. The van der Waals surface area contributed by atoms with Crippen molar-refractivity contribution in [3.8, 4) is 0 Å². The highest BCUT2D eigenvalue weighted by molar-refractivity contribution is 5.76. The van der Waals surface area contributed by atoms with E-state index in [1.54, 1.807) is 6.20 Å². The van der Waals surface area contributed by atoms with Crippen LogP contribution in [0.2, 0.25) is 0 Å². The predicted octanol–water partition coefficient (Wildman–Crippen LogP) is 0.435. The lowest BCUT2D eigenvalue weighted by atomic mass is 10.3. The number of nitrogens with one attached hydrogen (secondary N) is 1. The zero-order chi connectivity index (χ0) is 10.8. The van der Waals surface area contributed by atoms with E-state index >= 15 is 0 Å². The molecule has 0 saturated heterocycles. The molecule has 1 saturated carbocycles. The third-order valence-electron chi connectivity index (χ3n) is 2.41.